The Hall–Kier alpha value is -2.99. The lowest BCUT2D eigenvalue weighted by atomic mass is 10.2. The van der Waals surface area contributed by atoms with Gasteiger partial charge in [0, 0.05) is 15.6 Å². The van der Waals surface area contributed by atoms with E-state index in [-0.39, 0.29) is 5.75 Å². The minimum Gasteiger partial charge on any atom is -0.435 e. The first kappa shape index (κ1) is 20.3. The molecule has 154 valence electrons. The fourth-order valence-electron chi connectivity index (χ4n) is 2.54. The number of alkyl halides is 2. The van der Waals surface area contributed by atoms with Gasteiger partial charge in [0.15, 0.2) is 5.82 Å². The molecule has 0 atom stereocenters. The predicted molar refractivity (Wildman–Crippen MR) is 109 cm³/mol. The average molecular weight is 495 g/mol. The van der Waals surface area contributed by atoms with E-state index in [1.807, 2.05) is 24.3 Å². The van der Waals surface area contributed by atoms with E-state index in [9.17, 15) is 8.78 Å². The molecule has 0 radical (unpaired) electrons. The molecule has 2 heterocycles. The van der Waals surface area contributed by atoms with Crippen LogP contribution < -0.4 is 10.6 Å². The number of nitrogens with two attached hydrogens (primary N) is 1. The van der Waals surface area contributed by atoms with Crippen molar-refractivity contribution in [2.75, 3.05) is 5.84 Å². The van der Waals surface area contributed by atoms with Crippen LogP contribution >= 0.6 is 27.7 Å². The van der Waals surface area contributed by atoms with Gasteiger partial charge in [-0.05, 0) is 36.4 Å². The molecular formula is C18H13BrF2N6O2S. The molecule has 30 heavy (non-hydrogen) atoms. The third-order valence-corrected chi connectivity index (χ3v) is 5.30. The van der Waals surface area contributed by atoms with Crippen molar-refractivity contribution in [3.05, 3.63) is 58.9 Å². The third kappa shape index (κ3) is 4.60. The van der Waals surface area contributed by atoms with Crippen LogP contribution in [0.25, 0.3) is 22.8 Å². The Bertz CT molecular complexity index is 1150. The highest BCUT2D eigenvalue weighted by molar-refractivity contribution is 9.10. The van der Waals surface area contributed by atoms with Crippen molar-refractivity contribution in [2.45, 2.75) is 17.5 Å². The molecule has 4 aromatic rings. The monoisotopic (exact) mass is 494 g/mol. The zero-order chi connectivity index (χ0) is 21.1. The molecule has 0 saturated carbocycles. The van der Waals surface area contributed by atoms with Gasteiger partial charge in [0.05, 0.1) is 5.75 Å². The molecule has 0 unspecified atom stereocenters. The van der Waals surface area contributed by atoms with E-state index < -0.39 is 6.61 Å². The van der Waals surface area contributed by atoms with Crippen LogP contribution in [-0.2, 0) is 5.75 Å². The summed E-state index contributed by atoms with van der Waals surface area (Å²) in [6.45, 7) is -2.88. The maximum atomic E-state index is 12.3. The Morgan fingerprint density at radius 3 is 2.67 bits per heavy atom. The smallest absolute Gasteiger partial charge is 0.387 e. The van der Waals surface area contributed by atoms with Crippen LogP contribution in [-0.4, -0.2) is 31.6 Å². The normalized spacial score (nSPS) is 11.2. The van der Waals surface area contributed by atoms with Gasteiger partial charge in [-0.1, -0.05) is 45.0 Å². The maximum Gasteiger partial charge on any atom is 0.387 e. The average Bonchev–Trinajstić information content (AvgIpc) is 3.33. The van der Waals surface area contributed by atoms with Gasteiger partial charge < -0.3 is 15.1 Å². The maximum absolute atomic E-state index is 12.3. The van der Waals surface area contributed by atoms with E-state index in [1.165, 1.54) is 28.6 Å². The minimum absolute atomic E-state index is 0.0454. The number of hydrogen-bond acceptors (Lipinski definition) is 8. The van der Waals surface area contributed by atoms with Crippen molar-refractivity contribution >= 4 is 27.7 Å². The summed E-state index contributed by atoms with van der Waals surface area (Å²) >= 11 is 4.68. The lowest BCUT2D eigenvalue weighted by molar-refractivity contribution is -0.0498. The van der Waals surface area contributed by atoms with Crippen LogP contribution in [0.1, 0.15) is 5.89 Å². The SMILES string of the molecule is Nn1c(SCc2nc(-c3cccc(Br)c3)no2)nnc1-c1ccc(OC(F)F)cc1. The van der Waals surface area contributed by atoms with Crippen LogP contribution in [0.5, 0.6) is 5.75 Å². The number of aromatic nitrogens is 5. The number of ether oxygens (including phenoxy) is 1. The van der Waals surface area contributed by atoms with Crippen molar-refractivity contribution in [2.24, 2.45) is 0 Å². The van der Waals surface area contributed by atoms with E-state index in [0.717, 1.165) is 10.0 Å². The molecule has 2 N–H and O–H groups in total. The number of thioether (sulfide) groups is 1. The van der Waals surface area contributed by atoms with E-state index in [1.54, 1.807) is 12.1 Å². The van der Waals surface area contributed by atoms with Crippen LogP contribution in [0.15, 0.2) is 62.7 Å². The summed E-state index contributed by atoms with van der Waals surface area (Å²) in [5.74, 6) is 7.74. The molecule has 0 aliphatic carbocycles. The predicted octanol–water partition coefficient (Wildman–Crippen LogP) is 4.37. The molecule has 0 fully saturated rings. The Morgan fingerprint density at radius 1 is 1.13 bits per heavy atom. The number of rotatable bonds is 7. The second kappa shape index (κ2) is 8.79. The second-order valence-corrected chi connectivity index (χ2v) is 7.75. The molecule has 4 rings (SSSR count). The first-order valence-corrected chi connectivity index (χ1v) is 10.2. The van der Waals surface area contributed by atoms with E-state index in [0.29, 0.717) is 34.0 Å². The molecule has 0 spiro atoms. The van der Waals surface area contributed by atoms with Crippen molar-refractivity contribution in [3.8, 4) is 28.5 Å². The van der Waals surface area contributed by atoms with Crippen molar-refractivity contribution in [1.82, 2.24) is 25.0 Å². The largest absolute Gasteiger partial charge is 0.435 e. The fraction of sp³-hybridized carbons (Fsp3) is 0.111. The van der Waals surface area contributed by atoms with Gasteiger partial charge in [-0.3, -0.25) is 0 Å². The molecule has 2 aromatic heterocycles. The highest BCUT2D eigenvalue weighted by Crippen LogP contribution is 2.27. The Labute approximate surface area is 181 Å². The third-order valence-electron chi connectivity index (χ3n) is 3.88. The van der Waals surface area contributed by atoms with Crippen molar-refractivity contribution < 1.29 is 18.0 Å². The molecule has 0 saturated heterocycles. The van der Waals surface area contributed by atoms with Gasteiger partial charge in [0.2, 0.25) is 16.9 Å². The Morgan fingerprint density at radius 2 is 1.93 bits per heavy atom. The molecular weight excluding hydrogens is 482 g/mol. The van der Waals surface area contributed by atoms with Gasteiger partial charge in [-0.15, -0.1) is 10.2 Å². The number of benzene rings is 2. The van der Waals surface area contributed by atoms with Crippen molar-refractivity contribution in [1.29, 1.82) is 0 Å². The van der Waals surface area contributed by atoms with Gasteiger partial charge in [0.25, 0.3) is 0 Å². The Kier molecular flexibility index (Phi) is 5.95. The lowest BCUT2D eigenvalue weighted by Gasteiger charge is -2.06. The van der Waals surface area contributed by atoms with E-state index in [2.05, 4.69) is 41.0 Å². The van der Waals surface area contributed by atoms with Crippen molar-refractivity contribution in [3.63, 3.8) is 0 Å². The standard InChI is InChI=1S/C18H13BrF2N6O2S/c19-12-3-1-2-11(8-12)15-23-14(29-26-15)9-30-18-25-24-16(27(18)22)10-4-6-13(7-5-10)28-17(20)21/h1-8,17H,9,22H2. The molecule has 0 aliphatic rings. The topological polar surface area (TPSA) is 105 Å². The highest BCUT2D eigenvalue weighted by Gasteiger charge is 2.15. The number of halogens is 3. The Balaban J connectivity index is 1.44. The van der Waals surface area contributed by atoms with Gasteiger partial charge >= 0.3 is 6.61 Å². The van der Waals surface area contributed by atoms with Gasteiger partial charge in [-0.2, -0.15) is 13.8 Å². The molecule has 12 heteroatoms. The number of nitrogen functional groups attached to an aromatic ring is 1. The first-order valence-electron chi connectivity index (χ1n) is 8.46. The number of nitrogens with zero attached hydrogens (tertiary/aromatic N) is 5. The van der Waals surface area contributed by atoms with Crippen LogP contribution in [0.2, 0.25) is 0 Å². The zero-order valence-corrected chi connectivity index (χ0v) is 17.5. The molecule has 0 aliphatic heterocycles. The first-order chi connectivity index (χ1) is 14.5. The van der Waals surface area contributed by atoms with Crippen LogP contribution in [0.4, 0.5) is 8.78 Å². The van der Waals surface area contributed by atoms with E-state index in [4.69, 9.17) is 10.4 Å². The summed E-state index contributed by atoms with van der Waals surface area (Å²) in [6.07, 6.45) is 0. The van der Waals surface area contributed by atoms with Crippen LogP contribution in [0, 0.1) is 0 Å². The second-order valence-electron chi connectivity index (χ2n) is 5.89. The summed E-state index contributed by atoms with van der Waals surface area (Å²) < 4.78 is 36.4. The zero-order valence-electron chi connectivity index (χ0n) is 15.1. The summed E-state index contributed by atoms with van der Waals surface area (Å²) in [4.78, 5) is 4.37. The summed E-state index contributed by atoms with van der Waals surface area (Å²) in [6, 6.07) is 13.5. The quantitative estimate of drug-likeness (QED) is 0.298. The van der Waals surface area contributed by atoms with Gasteiger partial charge in [-0.25, -0.2) is 4.68 Å². The summed E-state index contributed by atoms with van der Waals surface area (Å²) in [5, 5.41) is 12.5. The lowest BCUT2D eigenvalue weighted by Crippen LogP contribution is -2.11. The number of hydrogen-bond donors (Lipinski definition) is 1. The highest BCUT2D eigenvalue weighted by atomic mass is 79.9. The molecule has 2 aromatic carbocycles. The van der Waals surface area contributed by atoms with Crippen LogP contribution in [0.3, 0.4) is 0 Å². The summed E-state index contributed by atoms with van der Waals surface area (Å²) in [5.41, 5.74) is 1.43. The van der Waals surface area contributed by atoms with Gasteiger partial charge in [0.1, 0.15) is 5.75 Å². The molecule has 8 nitrogen and oxygen atoms in total. The van der Waals surface area contributed by atoms with E-state index >= 15 is 0 Å². The molecule has 0 amide bonds. The summed E-state index contributed by atoms with van der Waals surface area (Å²) in [7, 11) is 0. The minimum atomic E-state index is -2.88. The molecule has 0 bridgehead atoms. The fourth-order valence-corrected chi connectivity index (χ4v) is 3.64.